The van der Waals surface area contributed by atoms with Crippen LogP contribution >= 0.6 is 0 Å². The van der Waals surface area contributed by atoms with Crippen molar-refractivity contribution in [2.24, 2.45) is 11.3 Å². The Kier molecular flexibility index (Phi) is 7.37. The third kappa shape index (κ3) is 5.74. The molecule has 3 rings (SSSR count). The van der Waals surface area contributed by atoms with Gasteiger partial charge in [0.25, 0.3) is 0 Å². The van der Waals surface area contributed by atoms with Gasteiger partial charge in [0, 0.05) is 19.5 Å². The number of nitrogens with zero attached hydrogens (tertiary/aromatic N) is 1. The Morgan fingerprint density at radius 2 is 1.68 bits per heavy atom. The van der Waals surface area contributed by atoms with Gasteiger partial charge >= 0.3 is 0 Å². The highest BCUT2D eigenvalue weighted by atomic mass is 15.1. The Labute approximate surface area is 209 Å². The first kappa shape index (κ1) is 26.1. The lowest BCUT2D eigenvalue weighted by molar-refractivity contribution is 0.496. The van der Waals surface area contributed by atoms with Crippen LogP contribution in [0.5, 0.6) is 0 Å². The number of hydrogen-bond donors (Lipinski definition) is 0. The molecule has 0 radical (unpaired) electrons. The summed E-state index contributed by atoms with van der Waals surface area (Å²) in [5.41, 5.74) is 12.4. The summed E-state index contributed by atoms with van der Waals surface area (Å²) >= 11 is 0. The van der Waals surface area contributed by atoms with E-state index in [9.17, 15) is 0 Å². The van der Waals surface area contributed by atoms with Gasteiger partial charge in [-0.2, -0.15) is 0 Å². The summed E-state index contributed by atoms with van der Waals surface area (Å²) in [5, 5.41) is 0. The van der Waals surface area contributed by atoms with Gasteiger partial charge < -0.3 is 4.90 Å². The van der Waals surface area contributed by atoms with Crippen molar-refractivity contribution >= 4 is 6.08 Å². The number of hydrogen-bond acceptors (Lipinski definition) is 1. The third-order valence-electron chi connectivity index (χ3n) is 7.67. The molecule has 2 aliphatic rings. The monoisotopic (exact) mass is 455 g/mol. The molecular formula is C33H45N. The average Bonchev–Trinajstić information content (AvgIpc) is 2.74. The van der Waals surface area contributed by atoms with E-state index in [2.05, 4.69) is 130 Å². The van der Waals surface area contributed by atoms with Crippen LogP contribution in [-0.2, 0) is 11.8 Å². The molecule has 0 spiro atoms. The summed E-state index contributed by atoms with van der Waals surface area (Å²) in [6.07, 6.45) is 14.9. The van der Waals surface area contributed by atoms with Crippen molar-refractivity contribution in [3.63, 3.8) is 0 Å². The summed E-state index contributed by atoms with van der Waals surface area (Å²) in [5.74, 6) is 0.351. The smallest absolute Gasteiger partial charge is 0.0356 e. The van der Waals surface area contributed by atoms with Gasteiger partial charge in [0.15, 0.2) is 0 Å². The summed E-state index contributed by atoms with van der Waals surface area (Å²) in [6, 6.07) is 4.85. The first-order chi connectivity index (χ1) is 15.7. The quantitative estimate of drug-likeness (QED) is 0.431. The van der Waals surface area contributed by atoms with E-state index in [1.54, 1.807) is 0 Å². The van der Waals surface area contributed by atoms with Gasteiger partial charge in [-0.1, -0.05) is 90.1 Å². The second kappa shape index (κ2) is 9.61. The standard InChI is InChI=1S/C33H45N/c1-22(32(5,6)7)18-27-12-13-28-19-30(33(8,9)10)20-29(25(28)4)21-31(24(3)23(27)2)26-14-16-34(11)17-15-26/h12-16,18-20,31H,1,17,21H2,2-11H3/b13-12-,24-23+,27-18-. The van der Waals surface area contributed by atoms with Crippen LogP contribution in [0.15, 0.2) is 77.1 Å². The summed E-state index contributed by atoms with van der Waals surface area (Å²) in [4.78, 5) is 2.24. The van der Waals surface area contributed by atoms with Crippen LogP contribution in [0.3, 0.4) is 0 Å². The number of likely N-dealkylation sites (N-methyl/N-ethyl adjacent to an activating group) is 1. The molecule has 1 aliphatic heterocycles. The van der Waals surface area contributed by atoms with Gasteiger partial charge in [0.05, 0.1) is 0 Å². The minimum atomic E-state index is 0.0399. The van der Waals surface area contributed by atoms with Crippen molar-refractivity contribution in [3.05, 3.63) is 99.3 Å². The maximum Gasteiger partial charge on any atom is 0.0356 e. The predicted octanol–water partition coefficient (Wildman–Crippen LogP) is 8.73. The van der Waals surface area contributed by atoms with Crippen molar-refractivity contribution in [2.45, 2.75) is 74.1 Å². The molecule has 1 nitrogen and oxygen atoms in total. The van der Waals surface area contributed by atoms with Crippen LogP contribution in [0.2, 0.25) is 0 Å². The maximum absolute atomic E-state index is 4.42. The predicted molar refractivity (Wildman–Crippen MR) is 151 cm³/mol. The Balaban J connectivity index is 2.28. The van der Waals surface area contributed by atoms with Gasteiger partial charge in [-0.25, -0.2) is 0 Å². The van der Waals surface area contributed by atoms with Gasteiger partial charge in [0.1, 0.15) is 0 Å². The third-order valence-corrected chi connectivity index (χ3v) is 7.67. The SMILES string of the molecule is C=C(/C=C1/C=C\c2cc(C(C)(C)C)cc(c2C)CC(C2=CCN(C)C=C2)/C(C)=C/1C)C(C)(C)C. The number of allylic oxidation sites excluding steroid dienone is 8. The highest BCUT2D eigenvalue weighted by Gasteiger charge is 2.24. The van der Waals surface area contributed by atoms with E-state index in [1.165, 1.54) is 44.5 Å². The Bertz CT molecular complexity index is 1120. The zero-order valence-corrected chi connectivity index (χ0v) is 23.3. The normalized spacial score (nSPS) is 23.7. The molecule has 1 heteroatoms. The van der Waals surface area contributed by atoms with Crippen molar-refractivity contribution in [1.29, 1.82) is 0 Å². The van der Waals surface area contributed by atoms with Crippen LogP contribution < -0.4 is 0 Å². The second-order valence-corrected chi connectivity index (χ2v) is 12.3. The lowest BCUT2D eigenvalue weighted by Crippen LogP contribution is -2.20. The molecule has 0 amide bonds. The van der Waals surface area contributed by atoms with E-state index < -0.39 is 0 Å². The highest BCUT2D eigenvalue weighted by Crippen LogP contribution is 2.37. The van der Waals surface area contributed by atoms with Crippen LogP contribution in [0.1, 0.15) is 77.6 Å². The van der Waals surface area contributed by atoms with Crippen LogP contribution in [0, 0.1) is 18.3 Å². The molecule has 0 N–H and O–H groups in total. The van der Waals surface area contributed by atoms with E-state index in [1.807, 2.05) is 0 Å². The molecule has 1 unspecified atom stereocenters. The Hall–Kier alpha value is -2.54. The van der Waals surface area contributed by atoms with Crippen LogP contribution in [0.25, 0.3) is 6.08 Å². The number of rotatable bonds is 2. The topological polar surface area (TPSA) is 3.24 Å². The minimum Gasteiger partial charge on any atom is -0.377 e. The maximum atomic E-state index is 4.42. The van der Waals surface area contributed by atoms with Crippen LogP contribution in [-0.4, -0.2) is 18.5 Å². The van der Waals surface area contributed by atoms with Gasteiger partial charge in [-0.3, -0.25) is 0 Å². The van der Waals surface area contributed by atoms with Crippen molar-refractivity contribution < 1.29 is 0 Å². The molecule has 34 heavy (non-hydrogen) atoms. The van der Waals surface area contributed by atoms with Crippen LogP contribution in [0.4, 0.5) is 0 Å². The molecule has 1 aromatic carbocycles. The lowest BCUT2D eigenvalue weighted by atomic mass is 9.77. The van der Waals surface area contributed by atoms with Gasteiger partial charge in [0.2, 0.25) is 0 Å². The lowest BCUT2D eigenvalue weighted by Gasteiger charge is -2.29. The van der Waals surface area contributed by atoms with Crippen molar-refractivity contribution in [3.8, 4) is 0 Å². The second-order valence-electron chi connectivity index (χ2n) is 12.3. The van der Waals surface area contributed by atoms with E-state index in [0.717, 1.165) is 18.5 Å². The molecule has 0 aromatic heterocycles. The Morgan fingerprint density at radius 1 is 1.00 bits per heavy atom. The van der Waals surface area contributed by atoms with Gasteiger partial charge in [-0.05, 0) is 94.8 Å². The molecule has 0 fully saturated rings. The minimum absolute atomic E-state index is 0.0399. The first-order valence-corrected chi connectivity index (χ1v) is 12.7. The molecule has 0 saturated carbocycles. The highest BCUT2D eigenvalue weighted by molar-refractivity contribution is 5.64. The summed E-state index contributed by atoms with van der Waals surface area (Å²) in [6.45, 7) is 26.0. The van der Waals surface area contributed by atoms with E-state index >= 15 is 0 Å². The molecule has 0 saturated heterocycles. The summed E-state index contributed by atoms with van der Waals surface area (Å²) in [7, 11) is 2.14. The summed E-state index contributed by atoms with van der Waals surface area (Å²) < 4.78 is 0. The zero-order chi connectivity index (χ0) is 25.4. The molecular weight excluding hydrogens is 410 g/mol. The average molecular weight is 456 g/mol. The number of benzene rings is 1. The molecule has 1 heterocycles. The van der Waals surface area contributed by atoms with E-state index in [4.69, 9.17) is 0 Å². The largest absolute Gasteiger partial charge is 0.377 e. The molecule has 1 atom stereocenters. The number of fused-ring (bicyclic) bond motifs is 2. The first-order valence-electron chi connectivity index (χ1n) is 12.7. The van der Waals surface area contributed by atoms with Crippen molar-refractivity contribution in [2.75, 3.05) is 13.6 Å². The fourth-order valence-corrected chi connectivity index (χ4v) is 4.56. The molecule has 1 aliphatic carbocycles. The Morgan fingerprint density at radius 3 is 2.24 bits per heavy atom. The van der Waals surface area contributed by atoms with Crippen molar-refractivity contribution in [1.82, 2.24) is 4.90 Å². The van der Waals surface area contributed by atoms with Gasteiger partial charge in [-0.15, -0.1) is 0 Å². The molecule has 1 aromatic rings. The zero-order valence-electron chi connectivity index (χ0n) is 23.3. The molecule has 182 valence electrons. The fourth-order valence-electron chi connectivity index (χ4n) is 4.56. The van der Waals surface area contributed by atoms with E-state index in [0.29, 0.717) is 5.92 Å². The molecule has 2 bridgehead atoms. The fraction of sp³-hybridized carbons (Fsp3) is 0.455. The van der Waals surface area contributed by atoms with E-state index in [-0.39, 0.29) is 10.8 Å².